The van der Waals surface area contributed by atoms with Crippen molar-refractivity contribution >= 4 is 23.5 Å². The second-order valence-corrected chi connectivity index (χ2v) is 9.14. The normalized spacial score (nSPS) is 27.6. The molecule has 0 N–H and O–H groups in total. The molecule has 2 bridgehead atoms. The molecule has 2 rings (SSSR count). The van der Waals surface area contributed by atoms with Crippen molar-refractivity contribution < 1.29 is 14.3 Å². The van der Waals surface area contributed by atoms with Crippen LogP contribution in [0.4, 0.5) is 0 Å². The van der Waals surface area contributed by atoms with Crippen LogP contribution in [-0.4, -0.2) is 29.9 Å². The fourth-order valence-electron chi connectivity index (χ4n) is 4.69. The van der Waals surface area contributed by atoms with Gasteiger partial charge in [0.1, 0.15) is 5.78 Å². The molecule has 0 aliphatic heterocycles. The largest absolute Gasteiger partial charge is 0.469 e. The van der Waals surface area contributed by atoms with Crippen molar-refractivity contribution in [3.63, 3.8) is 0 Å². The summed E-state index contributed by atoms with van der Waals surface area (Å²) in [6.07, 6.45) is 13.1. The van der Waals surface area contributed by atoms with Gasteiger partial charge in [-0.25, -0.2) is 0 Å². The molecular formula is C21H36O3S. The molecule has 0 amide bonds. The lowest BCUT2D eigenvalue weighted by atomic mass is 9.83. The molecule has 4 heteroatoms. The first kappa shape index (κ1) is 20.8. The fraction of sp³-hybridized carbons (Fsp3) is 0.905. The number of ketones is 1. The molecular weight excluding hydrogens is 332 g/mol. The van der Waals surface area contributed by atoms with Crippen molar-refractivity contribution in [1.82, 2.24) is 0 Å². The molecule has 0 aromatic carbocycles. The molecule has 4 atom stereocenters. The average Bonchev–Trinajstić information content (AvgIpc) is 3.22. The Balaban J connectivity index is 1.69. The first-order valence-corrected chi connectivity index (χ1v) is 11.4. The lowest BCUT2D eigenvalue weighted by Crippen LogP contribution is -2.32. The van der Waals surface area contributed by atoms with Gasteiger partial charge in [0.25, 0.3) is 0 Å². The van der Waals surface area contributed by atoms with Crippen molar-refractivity contribution in [2.24, 2.45) is 17.8 Å². The maximum absolute atomic E-state index is 12.8. The minimum atomic E-state index is -0.140. The number of fused-ring (bicyclic) bond motifs is 2. The Kier molecular flexibility index (Phi) is 9.36. The summed E-state index contributed by atoms with van der Waals surface area (Å²) in [4.78, 5) is 24.0. The SMILES string of the molecule is CCCCCCSC1C2CCC(C2)C1C(=O)CCCCCC(=O)OC. The molecule has 2 saturated carbocycles. The van der Waals surface area contributed by atoms with E-state index in [1.807, 2.05) is 0 Å². The summed E-state index contributed by atoms with van der Waals surface area (Å²) in [5.74, 6) is 3.40. The van der Waals surface area contributed by atoms with E-state index in [1.54, 1.807) is 0 Å². The highest BCUT2D eigenvalue weighted by atomic mass is 32.2. The first-order valence-electron chi connectivity index (χ1n) is 10.4. The molecule has 0 aromatic heterocycles. The number of esters is 1. The number of hydrogen-bond donors (Lipinski definition) is 0. The maximum Gasteiger partial charge on any atom is 0.305 e. The number of carbonyl (C=O) groups is 2. The van der Waals surface area contributed by atoms with Crippen LogP contribution < -0.4 is 0 Å². The van der Waals surface area contributed by atoms with Crippen molar-refractivity contribution in [2.45, 2.75) is 89.2 Å². The minimum Gasteiger partial charge on any atom is -0.469 e. The van der Waals surface area contributed by atoms with Crippen LogP contribution in [0.5, 0.6) is 0 Å². The van der Waals surface area contributed by atoms with Gasteiger partial charge in [-0.2, -0.15) is 11.8 Å². The van der Waals surface area contributed by atoms with Crippen LogP contribution in [-0.2, 0) is 14.3 Å². The number of carbonyl (C=O) groups excluding carboxylic acids is 2. The summed E-state index contributed by atoms with van der Waals surface area (Å²) in [6, 6.07) is 0. The highest BCUT2D eigenvalue weighted by Gasteiger charge is 2.50. The lowest BCUT2D eigenvalue weighted by molar-refractivity contribution is -0.140. The maximum atomic E-state index is 12.8. The zero-order chi connectivity index (χ0) is 18.1. The second-order valence-electron chi connectivity index (χ2n) is 7.86. The van der Waals surface area contributed by atoms with E-state index in [0.717, 1.165) is 25.2 Å². The molecule has 25 heavy (non-hydrogen) atoms. The summed E-state index contributed by atoms with van der Waals surface area (Å²) < 4.78 is 4.66. The van der Waals surface area contributed by atoms with E-state index in [9.17, 15) is 9.59 Å². The Morgan fingerprint density at radius 1 is 0.960 bits per heavy atom. The highest BCUT2D eigenvalue weighted by molar-refractivity contribution is 7.99. The minimum absolute atomic E-state index is 0.140. The number of ether oxygens (including phenoxy) is 1. The molecule has 144 valence electrons. The van der Waals surface area contributed by atoms with Crippen molar-refractivity contribution in [3.8, 4) is 0 Å². The van der Waals surface area contributed by atoms with Gasteiger partial charge in [-0.1, -0.05) is 32.6 Å². The van der Waals surface area contributed by atoms with Crippen LogP contribution >= 0.6 is 11.8 Å². The number of rotatable bonds is 13. The van der Waals surface area contributed by atoms with Gasteiger partial charge in [0.15, 0.2) is 0 Å². The summed E-state index contributed by atoms with van der Waals surface area (Å²) in [5.41, 5.74) is 0. The van der Waals surface area contributed by atoms with Crippen LogP contribution in [0.1, 0.15) is 84.0 Å². The van der Waals surface area contributed by atoms with Crippen molar-refractivity contribution in [3.05, 3.63) is 0 Å². The molecule has 0 spiro atoms. The Labute approximate surface area is 158 Å². The Hall–Kier alpha value is -0.510. The van der Waals surface area contributed by atoms with Crippen LogP contribution in [0, 0.1) is 17.8 Å². The molecule has 2 fully saturated rings. The van der Waals surface area contributed by atoms with Gasteiger partial charge in [0.2, 0.25) is 0 Å². The van der Waals surface area contributed by atoms with E-state index in [-0.39, 0.29) is 5.97 Å². The number of Topliss-reactive ketones (excluding diaryl/α,β-unsaturated/α-hetero) is 1. The molecule has 0 heterocycles. The van der Waals surface area contributed by atoms with Gasteiger partial charge in [-0.05, 0) is 56.1 Å². The molecule has 0 aromatic rings. The highest BCUT2D eigenvalue weighted by Crippen LogP contribution is 2.54. The van der Waals surface area contributed by atoms with Crippen LogP contribution in [0.25, 0.3) is 0 Å². The van der Waals surface area contributed by atoms with E-state index >= 15 is 0 Å². The number of thioether (sulfide) groups is 1. The summed E-state index contributed by atoms with van der Waals surface area (Å²) in [5, 5.41) is 0.600. The monoisotopic (exact) mass is 368 g/mol. The predicted octanol–water partition coefficient (Wildman–Crippen LogP) is 5.41. The van der Waals surface area contributed by atoms with Gasteiger partial charge in [0.05, 0.1) is 7.11 Å². The number of methoxy groups -OCH3 is 1. The summed E-state index contributed by atoms with van der Waals surface area (Å²) in [7, 11) is 1.43. The van der Waals surface area contributed by atoms with Gasteiger partial charge in [-0.3, -0.25) is 9.59 Å². The van der Waals surface area contributed by atoms with E-state index in [4.69, 9.17) is 0 Å². The van der Waals surface area contributed by atoms with Gasteiger partial charge < -0.3 is 4.74 Å². The van der Waals surface area contributed by atoms with Gasteiger partial charge >= 0.3 is 5.97 Å². The molecule has 4 unspecified atom stereocenters. The van der Waals surface area contributed by atoms with Crippen LogP contribution in [0.3, 0.4) is 0 Å². The van der Waals surface area contributed by atoms with E-state index in [2.05, 4.69) is 23.4 Å². The Morgan fingerprint density at radius 3 is 2.44 bits per heavy atom. The third-order valence-corrected chi connectivity index (χ3v) is 7.64. The quantitative estimate of drug-likeness (QED) is 0.322. The standard InChI is InChI=1S/C21H36O3S/c1-3-4-5-9-14-25-21-17-13-12-16(15-17)20(21)18(22)10-7-6-8-11-19(23)24-2/h16-17,20-21H,3-15H2,1-2H3. The zero-order valence-corrected chi connectivity index (χ0v) is 17.0. The van der Waals surface area contributed by atoms with Crippen LogP contribution in [0.15, 0.2) is 0 Å². The van der Waals surface area contributed by atoms with E-state index in [0.29, 0.717) is 35.7 Å². The van der Waals surface area contributed by atoms with E-state index < -0.39 is 0 Å². The Bertz CT molecular complexity index is 423. The van der Waals surface area contributed by atoms with Gasteiger partial charge in [-0.15, -0.1) is 0 Å². The zero-order valence-electron chi connectivity index (χ0n) is 16.1. The average molecular weight is 369 g/mol. The lowest BCUT2D eigenvalue weighted by Gasteiger charge is -2.29. The van der Waals surface area contributed by atoms with E-state index in [1.165, 1.54) is 57.8 Å². The fourth-order valence-corrected chi connectivity index (χ4v) is 6.43. The molecule has 3 nitrogen and oxygen atoms in total. The topological polar surface area (TPSA) is 43.4 Å². The van der Waals surface area contributed by atoms with Crippen molar-refractivity contribution in [2.75, 3.05) is 12.9 Å². The predicted molar refractivity (Wildman–Crippen MR) is 105 cm³/mol. The smallest absolute Gasteiger partial charge is 0.305 e. The third kappa shape index (κ3) is 6.30. The second kappa shape index (κ2) is 11.3. The number of unbranched alkanes of at least 4 members (excludes halogenated alkanes) is 5. The molecule has 0 saturated heterocycles. The van der Waals surface area contributed by atoms with Gasteiger partial charge in [0, 0.05) is 24.0 Å². The molecule has 2 aliphatic carbocycles. The summed E-state index contributed by atoms with van der Waals surface area (Å²) >= 11 is 2.10. The van der Waals surface area contributed by atoms with Crippen molar-refractivity contribution in [1.29, 1.82) is 0 Å². The molecule has 2 aliphatic rings. The first-order chi connectivity index (χ1) is 12.2. The Morgan fingerprint density at radius 2 is 1.68 bits per heavy atom. The number of hydrogen-bond acceptors (Lipinski definition) is 4. The molecule has 0 radical (unpaired) electrons. The van der Waals surface area contributed by atoms with Crippen LogP contribution in [0.2, 0.25) is 0 Å². The third-order valence-electron chi connectivity index (χ3n) is 6.05. The summed E-state index contributed by atoms with van der Waals surface area (Å²) in [6.45, 7) is 2.25.